The number of benzene rings is 2. The summed E-state index contributed by atoms with van der Waals surface area (Å²) in [7, 11) is 1.58. The SMILES string of the molecule is COCCOc1cc2nc(C)nc(N[C@H](C)c3cccc(C(F)(F)C(C)(C)O)c3F)c2cc1OCCOC1CC1. The zero-order valence-electron chi connectivity index (χ0n) is 23.4. The van der Waals surface area contributed by atoms with Crippen molar-refractivity contribution in [2.24, 2.45) is 0 Å². The Balaban J connectivity index is 1.66. The van der Waals surface area contributed by atoms with Crippen LogP contribution in [-0.4, -0.2) is 60.3 Å². The smallest absolute Gasteiger partial charge is 0.303 e. The van der Waals surface area contributed by atoms with Gasteiger partial charge in [-0.05, 0) is 52.7 Å². The molecule has 0 unspecified atom stereocenters. The highest BCUT2D eigenvalue weighted by molar-refractivity contribution is 5.92. The predicted molar refractivity (Wildman–Crippen MR) is 145 cm³/mol. The summed E-state index contributed by atoms with van der Waals surface area (Å²) in [5, 5.41) is 13.7. The molecule has 218 valence electrons. The lowest BCUT2D eigenvalue weighted by Gasteiger charge is -2.30. The molecule has 0 aliphatic heterocycles. The summed E-state index contributed by atoms with van der Waals surface area (Å²) in [4.78, 5) is 9.03. The number of rotatable bonds is 14. The number of ether oxygens (including phenoxy) is 4. The molecule has 2 N–H and O–H groups in total. The van der Waals surface area contributed by atoms with Gasteiger partial charge in [-0.3, -0.25) is 0 Å². The third-order valence-electron chi connectivity index (χ3n) is 6.59. The van der Waals surface area contributed by atoms with Gasteiger partial charge in [0.05, 0.1) is 36.4 Å². The number of anilines is 1. The molecule has 0 amide bonds. The Morgan fingerprint density at radius 3 is 2.38 bits per heavy atom. The predicted octanol–water partition coefficient (Wildman–Crippen LogP) is 5.70. The molecule has 1 atom stereocenters. The molecule has 0 spiro atoms. The Morgan fingerprint density at radius 2 is 1.73 bits per heavy atom. The fourth-order valence-electron chi connectivity index (χ4n) is 4.16. The van der Waals surface area contributed by atoms with E-state index in [0.29, 0.717) is 66.6 Å². The van der Waals surface area contributed by atoms with Gasteiger partial charge in [-0.1, -0.05) is 12.1 Å². The molecule has 1 aliphatic carbocycles. The highest BCUT2D eigenvalue weighted by atomic mass is 19.3. The number of hydrogen-bond acceptors (Lipinski definition) is 8. The van der Waals surface area contributed by atoms with Gasteiger partial charge in [0.25, 0.3) is 0 Å². The van der Waals surface area contributed by atoms with Gasteiger partial charge in [0.15, 0.2) is 11.5 Å². The molecule has 11 heteroatoms. The molecule has 3 aromatic rings. The van der Waals surface area contributed by atoms with E-state index < -0.39 is 28.9 Å². The number of alkyl halides is 2. The Bertz CT molecular complexity index is 1330. The van der Waals surface area contributed by atoms with Crippen LogP contribution in [0.4, 0.5) is 19.0 Å². The number of aromatic nitrogens is 2. The van der Waals surface area contributed by atoms with E-state index in [-0.39, 0.29) is 5.56 Å². The molecule has 0 bridgehead atoms. The number of hydrogen-bond donors (Lipinski definition) is 2. The summed E-state index contributed by atoms with van der Waals surface area (Å²) in [5.74, 6) is -3.17. The van der Waals surface area contributed by atoms with Gasteiger partial charge in [0, 0.05) is 24.1 Å². The van der Waals surface area contributed by atoms with E-state index in [9.17, 15) is 13.9 Å². The van der Waals surface area contributed by atoms with Crippen LogP contribution in [0.3, 0.4) is 0 Å². The first-order valence-electron chi connectivity index (χ1n) is 13.3. The van der Waals surface area contributed by atoms with E-state index in [1.54, 1.807) is 33.1 Å². The maximum absolute atomic E-state index is 15.4. The average molecular weight is 564 g/mol. The van der Waals surface area contributed by atoms with E-state index in [0.717, 1.165) is 32.8 Å². The van der Waals surface area contributed by atoms with Gasteiger partial charge in [0.1, 0.15) is 36.3 Å². The first-order valence-corrected chi connectivity index (χ1v) is 13.3. The molecule has 0 saturated heterocycles. The van der Waals surface area contributed by atoms with E-state index in [4.69, 9.17) is 18.9 Å². The van der Waals surface area contributed by atoms with Crippen LogP contribution in [0.5, 0.6) is 11.5 Å². The zero-order chi connectivity index (χ0) is 29.1. The summed E-state index contributed by atoms with van der Waals surface area (Å²) in [6, 6.07) is 6.45. The van der Waals surface area contributed by atoms with Gasteiger partial charge >= 0.3 is 5.92 Å². The molecular weight excluding hydrogens is 527 g/mol. The molecule has 4 rings (SSSR count). The van der Waals surface area contributed by atoms with E-state index in [1.165, 1.54) is 12.1 Å². The van der Waals surface area contributed by atoms with Crippen molar-refractivity contribution in [1.29, 1.82) is 0 Å². The standard InChI is InChI=1S/C29H36F3N3O5/c1-17(20-7-6-8-22(26(20)30)29(31,32)28(3,4)36)33-27-21-15-24(40-14-13-38-19-9-10-19)25(39-12-11-37-5)16-23(21)34-18(2)35-27/h6-8,15-17,19,36H,9-14H2,1-5H3,(H,33,34,35)/t17-/m1/s1. The number of halogens is 3. The van der Waals surface area contributed by atoms with Crippen molar-refractivity contribution in [2.75, 3.05) is 38.9 Å². The summed E-state index contributed by atoms with van der Waals surface area (Å²) < 4.78 is 67.8. The molecule has 2 aromatic carbocycles. The van der Waals surface area contributed by atoms with E-state index >= 15 is 4.39 Å². The fourth-order valence-corrected chi connectivity index (χ4v) is 4.16. The summed E-state index contributed by atoms with van der Waals surface area (Å²) >= 11 is 0. The lowest BCUT2D eigenvalue weighted by Crippen LogP contribution is -2.41. The number of aryl methyl sites for hydroxylation is 1. The van der Waals surface area contributed by atoms with Crippen molar-refractivity contribution < 1.29 is 37.2 Å². The van der Waals surface area contributed by atoms with Crippen LogP contribution < -0.4 is 14.8 Å². The van der Waals surface area contributed by atoms with Crippen LogP contribution in [0.15, 0.2) is 30.3 Å². The third kappa shape index (κ3) is 6.76. The second-order valence-electron chi connectivity index (χ2n) is 10.4. The third-order valence-corrected chi connectivity index (χ3v) is 6.59. The van der Waals surface area contributed by atoms with Crippen LogP contribution in [0.25, 0.3) is 10.9 Å². The second kappa shape index (κ2) is 12.2. The largest absolute Gasteiger partial charge is 0.487 e. The van der Waals surface area contributed by atoms with Crippen molar-refractivity contribution in [2.45, 2.75) is 64.2 Å². The monoisotopic (exact) mass is 563 g/mol. The first kappa shape index (κ1) is 29.8. The number of nitrogens with one attached hydrogen (secondary N) is 1. The minimum atomic E-state index is -3.81. The van der Waals surface area contributed by atoms with Crippen LogP contribution in [0.1, 0.15) is 56.6 Å². The summed E-state index contributed by atoms with van der Waals surface area (Å²) in [6.07, 6.45) is 2.42. The van der Waals surface area contributed by atoms with Crippen molar-refractivity contribution in [3.63, 3.8) is 0 Å². The number of aliphatic hydroxyl groups is 1. The van der Waals surface area contributed by atoms with Crippen molar-refractivity contribution >= 4 is 16.7 Å². The molecule has 1 fully saturated rings. The average Bonchev–Trinajstić information content (AvgIpc) is 3.70. The quantitative estimate of drug-likeness (QED) is 0.242. The lowest BCUT2D eigenvalue weighted by atomic mass is 9.91. The number of fused-ring (bicyclic) bond motifs is 1. The zero-order valence-corrected chi connectivity index (χ0v) is 23.4. The molecule has 1 aromatic heterocycles. The molecular formula is C29H36F3N3O5. The molecule has 1 aliphatic rings. The summed E-state index contributed by atoms with van der Waals surface area (Å²) in [6.45, 7) is 6.66. The normalized spacial score (nSPS) is 14.8. The van der Waals surface area contributed by atoms with Crippen LogP contribution in [0.2, 0.25) is 0 Å². The highest BCUT2D eigenvalue weighted by Crippen LogP contribution is 2.42. The Hall–Kier alpha value is -3.15. The molecule has 1 heterocycles. The van der Waals surface area contributed by atoms with Crippen molar-refractivity contribution in [1.82, 2.24) is 9.97 Å². The Morgan fingerprint density at radius 1 is 1.05 bits per heavy atom. The van der Waals surface area contributed by atoms with Gasteiger partial charge in [-0.25, -0.2) is 14.4 Å². The second-order valence-corrected chi connectivity index (χ2v) is 10.4. The van der Waals surface area contributed by atoms with Gasteiger partial charge in [0.2, 0.25) is 0 Å². The molecule has 40 heavy (non-hydrogen) atoms. The summed E-state index contributed by atoms with van der Waals surface area (Å²) in [5.41, 5.74) is -2.78. The topological polar surface area (TPSA) is 95.0 Å². The van der Waals surface area contributed by atoms with Gasteiger partial charge < -0.3 is 29.4 Å². The lowest BCUT2D eigenvalue weighted by molar-refractivity contribution is -0.170. The van der Waals surface area contributed by atoms with Crippen LogP contribution in [0, 0.1) is 12.7 Å². The van der Waals surface area contributed by atoms with Gasteiger partial charge in [-0.2, -0.15) is 8.78 Å². The number of methoxy groups -OCH3 is 1. The fraction of sp³-hybridized carbons (Fsp3) is 0.517. The number of nitrogens with zero attached hydrogens (tertiary/aromatic N) is 2. The van der Waals surface area contributed by atoms with E-state index in [2.05, 4.69) is 15.3 Å². The van der Waals surface area contributed by atoms with Crippen molar-refractivity contribution in [3.8, 4) is 11.5 Å². The first-order chi connectivity index (χ1) is 18.9. The van der Waals surface area contributed by atoms with Gasteiger partial charge in [-0.15, -0.1) is 0 Å². The maximum atomic E-state index is 15.4. The molecule has 1 saturated carbocycles. The highest BCUT2D eigenvalue weighted by Gasteiger charge is 2.49. The maximum Gasteiger partial charge on any atom is 0.303 e. The minimum Gasteiger partial charge on any atom is -0.487 e. The van der Waals surface area contributed by atoms with Crippen LogP contribution >= 0.6 is 0 Å². The Kier molecular flexibility index (Phi) is 9.06. The molecule has 8 nitrogen and oxygen atoms in total. The van der Waals surface area contributed by atoms with Crippen molar-refractivity contribution in [3.05, 3.63) is 53.1 Å². The van der Waals surface area contributed by atoms with E-state index in [1.807, 2.05) is 0 Å². The van der Waals surface area contributed by atoms with Crippen LogP contribution in [-0.2, 0) is 15.4 Å². The minimum absolute atomic E-state index is 0.000873. The Labute approximate surface area is 231 Å². The molecule has 0 radical (unpaired) electrons.